The maximum absolute atomic E-state index is 17.7. The number of carbonyl (C=O) groups is 1. The first-order valence-electron chi connectivity index (χ1n) is 19.8. The maximum Gasteiger partial charge on any atom is 0.410 e. The predicted molar refractivity (Wildman–Crippen MR) is 227 cm³/mol. The van der Waals surface area contributed by atoms with Crippen molar-refractivity contribution in [2.24, 2.45) is 0 Å². The molecule has 0 saturated carbocycles. The molecule has 3 aromatic carbocycles. The Morgan fingerprint density at radius 2 is 1.61 bits per heavy atom. The highest BCUT2D eigenvalue weighted by atomic mass is 35.5. The van der Waals surface area contributed by atoms with Crippen LogP contribution >= 0.6 is 11.6 Å². The van der Waals surface area contributed by atoms with E-state index in [9.17, 15) is 4.79 Å². The zero-order valence-corrected chi connectivity index (χ0v) is 36.7. The van der Waals surface area contributed by atoms with Gasteiger partial charge < -0.3 is 19.1 Å². The summed E-state index contributed by atoms with van der Waals surface area (Å²) in [6.45, 7) is 23.7. The summed E-state index contributed by atoms with van der Waals surface area (Å²) < 4.78 is 50.9. The predicted octanol–water partition coefficient (Wildman–Crippen LogP) is 11.7. The van der Waals surface area contributed by atoms with Crippen LogP contribution in [0.2, 0.25) is 21.6 Å². The van der Waals surface area contributed by atoms with E-state index in [-0.39, 0.29) is 41.1 Å². The van der Waals surface area contributed by atoms with Crippen molar-refractivity contribution in [1.29, 1.82) is 0 Å². The number of hydrogen-bond donors (Lipinski definition) is 0. The number of halogens is 3. The van der Waals surface area contributed by atoms with Gasteiger partial charge in [0.25, 0.3) is 0 Å². The minimum absolute atomic E-state index is 0.0332. The molecule has 6 rings (SSSR count). The molecule has 3 heterocycles. The highest BCUT2D eigenvalue weighted by Gasteiger charge is 2.45. The van der Waals surface area contributed by atoms with Crippen LogP contribution in [0.4, 0.5) is 19.4 Å². The zero-order valence-electron chi connectivity index (χ0n) is 34.9. The van der Waals surface area contributed by atoms with Crippen molar-refractivity contribution < 1.29 is 27.8 Å². The van der Waals surface area contributed by atoms with Crippen LogP contribution in [0.25, 0.3) is 32.7 Å². The lowest BCUT2D eigenvalue weighted by Gasteiger charge is -2.42. The van der Waals surface area contributed by atoms with Crippen molar-refractivity contribution in [2.45, 2.75) is 123 Å². The molecule has 0 N–H and O–H groups in total. The number of amides is 1. The van der Waals surface area contributed by atoms with Crippen LogP contribution in [0.15, 0.2) is 30.3 Å². The number of pyridine rings is 1. The fourth-order valence-electron chi connectivity index (χ4n) is 9.37. The Balaban J connectivity index is 1.57. The first-order valence-corrected chi connectivity index (χ1v) is 22.4. The molecule has 0 aliphatic carbocycles. The Bertz CT molecular complexity index is 2210. The van der Waals surface area contributed by atoms with E-state index in [1.807, 2.05) is 39.5 Å². The van der Waals surface area contributed by atoms with E-state index in [4.69, 9.17) is 30.8 Å². The lowest BCUT2D eigenvalue weighted by molar-refractivity contribution is 0.0123. The Morgan fingerprint density at radius 3 is 2.18 bits per heavy atom. The monoisotopic (exact) mass is 803 g/mol. The number of rotatable bonds is 8. The fourth-order valence-corrected chi connectivity index (χ4v) is 14.9. The van der Waals surface area contributed by atoms with Gasteiger partial charge in [-0.25, -0.2) is 18.6 Å². The number of aryl methyl sites for hydroxylation is 2. The molecule has 1 aromatic heterocycles. The number of ether oxygens (including phenoxy) is 3. The number of carbonyl (C=O) groups excluding carboxylic acids is 1. The van der Waals surface area contributed by atoms with Crippen LogP contribution in [0.1, 0.15) is 92.0 Å². The Labute approximate surface area is 337 Å². The summed E-state index contributed by atoms with van der Waals surface area (Å²) in [4.78, 5) is 22.3. The molecular formula is C45H56ClF2N3O4Si. The summed E-state index contributed by atoms with van der Waals surface area (Å²) in [5, 5.41) is 2.23. The molecule has 2 fully saturated rings. The molecule has 2 atom stereocenters. The van der Waals surface area contributed by atoms with Crippen LogP contribution in [0.5, 0.6) is 5.75 Å². The minimum atomic E-state index is -2.28. The molecule has 2 saturated heterocycles. The van der Waals surface area contributed by atoms with Crippen LogP contribution in [0, 0.1) is 36.9 Å². The van der Waals surface area contributed by atoms with Gasteiger partial charge in [0.1, 0.15) is 36.9 Å². The third-order valence-electron chi connectivity index (χ3n) is 12.0. The number of aromatic nitrogens is 1. The van der Waals surface area contributed by atoms with Gasteiger partial charge in [-0.05, 0) is 105 Å². The first-order chi connectivity index (χ1) is 26.3. The highest BCUT2D eigenvalue weighted by Crippen LogP contribution is 2.46. The minimum Gasteiger partial charge on any atom is -0.468 e. The van der Waals surface area contributed by atoms with Gasteiger partial charge in [-0.3, -0.25) is 4.90 Å². The quantitative estimate of drug-likeness (QED) is 0.100. The van der Waals surface area contributed by atoms with E-state index in [1.54, 1.807) is 24.3 Å². The molecule has 2 aliphatic heterocycles. The van der Waals surface area contributed by atoms with E-state index in [0.717, 1.165) is 12.8 Å². The lowest BCUT2D eigenvalue weighted by Crippen LogP contribution is -2.57. The number of hydrogen-bond acceptors (Lipinski definition) is 6. The fraction of sp³-hybridized carbons (Fsp3) is 0.511. The van der Waals surface area contributed by atoms with Crippen molar-refractivity contribution in [2.75, 3.05) is 31.9 Å². The Kier molecular flexibility index (Phi) is 11.8. The number of piperazine rings is 1. The molecule has 0 spiro atoms. The maximum atomic E-state index is 17.7. The van der Waals surface area contributed by atoms with Gasteiger partial charge in [0.05, 0.1) is 22.7 Å². The summed E-state index contributed by atoms with van der Waals surface area (Å²) in [5.41, 5.74) is 6.17. The second-order valence-corrected chi connectivity index (χ2v) is 23.5. The summed E-state index contributed by atoms with van der Waals surface area (Å²) in [6, 6.07) is 8.24. The number of benzene rings is 3. The van der Waals surface area contributed by atoms with E-state index in [1.165, 1.54) is 13.2 Å². The zero-order chi connectivity index (χ0) is 41.0. The molecule has 11 heteroatoms. The second-order valence-electron chi connectivity index (χ2n) is 17.5. The molecule has 7 nitrogen and oxygen atoms in total. The summed E-state index contributed by atoms with van der Waals surface area (Å²) in [6.07, 6.45) is 1.37. The summed E-state index contributed by atoms with van der Waals surface area (Å²) in [5.74, 6) is 3.38. The molecular weight excluding hydrogens is 748 g/mol. The van der Waals surface area contributed by atoms with Crippen molar-refractivity contribution in [3.8, 4) is 28.3 Å². The second kappa shape index (κ2) is 15.8. The van der Waals surface area contributed by atoms with Gasteiger partial charge in [0.15, 0.2) is 6.79 Å². The normalized spacial score (nSPS) is 17.4. The number of methoxy groups -OCH3 is 1. The summed E-state index contributed by atoms with van der Waals surface area (Å²) in [7, 11) is -0.750. The van der Waals surface area contributed by atoms with Crippen molar-refractivity contribution >= 4 is 53.1 Å². The average molecular weight is 804 g/mol. The lowest BCUT2D eigenvalue weighted by atomic mass is 9.91. The first kappa shape index (κ1) is 41.7. The van der Waals surface area contributed by atoms with Crippen LogP contribution in [-0.2, 0) is 9.47 Å². The van der Waals surface area contributed by atoms with Crippen LogP contribution < -0.4 is 9.64 Å². The number of anilines is 1. The number of nitrogens with zero attached hydrogens (tertiary/aromatic N) is 3. The SMILES string of the molecule is COCOc1cc(-c2c(Cl)cc3c(N4CC5CCC(C4)N5C(=O)OC(C)(C)C)nc(C)c(C)c3c2F)c2c(C#C[Si](C(C)C)(C(C)C)C(C)C)c(F)ccc2c1. The van der Waals surface area contributed by atoms with Gasteiger partial charge in [-0.15, -0.1) is 5.54 Å². The van der Waals surface area contributed by atoms with Gasteiger partial charge in [0, 0.05) is 47.6 Å². The Hall–Kier alpha value is -3.91. The van der Waals surface area contributed by atoms with Crippen LogP contribution in [-0.4, -0.2) is 68.7 Å². The summed E-state index contributed by atoms with van der Waals surface area (Å²) >= 11 is 7.22. The third kappa shape index (κ3) is 7.47. The van der Waals surface area contributed by atoms with Gasteiger partial charge in [0.2, 0.25) is 0 Å². The molecule has 300 valence electrons. The molecule has 4 aromatic rings. The Morgan fingerprint density at radius 1 is 0.982 bits per heavy atom. The average Bonchev–Trinajstić information content (AvgIpc) is 3.37. The van der Waals surface area contributed by atoms with E-state index in [0.29, 0.717) is 79.6 Å². The van der Waals surface area contributed by atoms with E-state index in [2.05, 4.69) is 57.9 Å². The third-order valence-corrected chi connectivity index (χ3v) is 18.5. The molecule has 1 amide bonds. The molecule has 2 aliphatic rings. The standard InChI is InChI=1S/C45H56ClF2N3O4Si/c1-25(2)56(26(3)4,27(5)6)18-17-34-38(47)16-13-30-19-33(54-24-53-12)20-35(40(30)34)41-37(46)21-36-39(42(41)48)28(7)29(8)49-43(36)50-22-31-14-15-32(23-50)51(31)44(52)55-45(9,10)11/h13,16,19-21,25-27,31-32H,14-15,22-24H2,1-12H3. The van der Waals surface area contributed by atoms with E-state index < -0.39 is 25.3 Å². The van der Waals surface area contributed by atoms with Gasteiger partial charge >= 0.3 is 6.09 Å². The van der Waals surface area contributed by atoms with Gasteiger partial charge in [-0.1, -0.05) is 65.1 Å². The largest absolute Gasteiger partial charge is 0.468 e. The van der Waals surface area contributed by atoms with Crippen molar-refractivity contribution in [3.05, 3.63) is 63.8 Å². The van der Waals surface area contributed by atoms with Crippen LogP contribution in [0.3, 0.4) is 0 Å². The molecule has 0 radical (unpaired) electrons. The van der Waals surface area contributed by atoms with Gasteiger partial charge in [-0.2, -0.15) is 0 Å². The van der Waals surface area contributed by atoms with Crippen molar-refractivity contribution in [1.82, 2.24) is 9.88 Å². The van der Waals surface area contributed by atoms with Crippen molar-refractivity contribution in [3.63, 3.8) is 0 Å². The molecule has 56 heavy (non-hydrogen) atoms. The smallest absolute Gasteiger partial charge is 0.410 e. The highest BCUT2D eigenvalue weighted by molar-refractivity contribution is 6.90. The number of fused-ring (bicyclic) bond motifs is 4. The molecule has 2 bridgehead atoms. The topological polar surface area (TPSA) is 64.1 Å². The van der Waals surface area contributed by atoms with E-state index >= 15 is 8.78 Å². The molecule has 2 unspecified atom stereocenters.